The summed E-state index contributed by atoms with van der Waals surface area (Å²) in [5, 5.41) is 13.6. The third kappa shape index (κ3) is 3.38. The highest BCUT2D eigenvalue weighted by molar-refractivity contribution is 5.98. The third-order valence-electron chi connectivity index (χ3n) is 3.78. The average Bonchev–Trinajstić information content (AvgIpc) is 3.03. The number of hydrogen-bond acceptors (Lipinski definition) is 3. The molecule has 3 aromatic rings. The first kappa shape index (κ1) is 16.0. The lowest BCUT2D eigenvalue weighted by Crippen LogP contribution is -2.28. The maximum absolute atomic E-state index is 12.9. The molecule has 1 amide bonds. The van der Waals surface area contributed by atoms with Crippen molar-refractivity contribution in [2.75, 3.05) is 13.7 Å². The minimum absolute atomic E-state index is 0.0309. The van der Waals surface area contributed by atoms with Crippen molar-refractivity contribution >= 4 is 16.8 Å². The number of aromatic nitrogens is 1. The Morgan fingerprint density at radius 1 is 1.25 bits per heavy atom. The van der Waals surface area contributed by atoms with Crippen LogP contribution in [0, 0.1) is 5.82 Å². The molecule has 1 aromatic heterocycles. The summed E-state index contributed by atoms with van der Waals surface area (Å²) in [7, 11) is 1.58. The van der Waals surface area contributed by atoms with Crippen molar-refractivity contribution < 1.29 is 19.0 Å². The van der Waals surface area contributed by atoms with E-state index in [0.717, 1.165) is 10.9 Å². The first-order valence-electron chi connectivity index (χ1n) is 7.45. The molecular weight excluding hydrogens is 311 g/mol. The summed E-state index contributed by atoms with van der Waals surface area (Å²) in [6, 6.07) is 12.7. The Kier molecular flexibility index (Phi) is 4.48. The van der Waals surface area contributed by atoms with E-state index < -0.39 is 6.10 Å². The van der Waals surface area contributed by atoms with Gasteiger partial charge < -0.3 is 20.1 Å². The van der Waals surface area contributed by atoms with Gasteiger partial charge in [-0.3, -0.25) is 4.79 Å². The summed E-state index contributed by atoms with van der Waals surface area (Å²) in [6.45, 7) is 0.0309. The molecule has 6 heteroatoms. The maximum atomic E-state index is 12.9. The second kappa shape index (κ2) is 6.72. The number of halogens is 1. The van der Waals surface area contributed by atoms with Crippen molar-refractivity contribution in [2.45, 2.75) is 6.10 Å². The smallest absolute Gasteiger partial charge is 0.267 e. The molecule has 0 fully saturated rings. The lowest BCUT2D eigenvalue weighted by atomic mass is 10.1. The molecule has 3 N–H and O–H groups in total. The highest BCUT2D eigenvalue weighted by Gasteiger charge is 2.13. The van der Waals surface area contributed by atoms with Crippen molar-refractivity contribution in [1.82, 2.24) is 10.3 Å². The quantitative estimate of drug-likeness (QED) is 0.674. The van der Waals surface area contributed by atoms with E-state index in [1.54, 1.807) is 19.2 Å². The second-order valence-corrected chi connectivity index (χ2v) is 5.41. The van der Waals surface area contributed by atoms with E-state index in [4.69, 9.17) is 4.74 Å². The number of amides is 1. The third-order valence-corrected chi connectivity index (χ3v) is 3.78. The number of ether oxygens (including phenoxy) is 1. The fourth-order valence-electron chi connectivity index (χ4n) is 2.45. The first-order valence-corrected chi connectivity index (χ1v) is 7.45. The van der Waals surface area contributed by atoms with Gasteiger partial charge in [-0.05, 0) is 42.0 Å². The lowest BCUT2D eigenvalue weighted by molar-refractivity contribution is 0.0912. The minimum Gasteiger partial charge on any atom is -0.497 e. The van der Waals surface area contributed by atoms with Crippen LogP contribution in [0.2, 0.25) is 0 Å². The van der Waals surface area contributed by atoms with Crippen molar-refractivity contribution in [3.05, 3.63) is 65.6 Å². The Labute approximate surface area is 138 Å². The van der Waals surface area contributed by atoms with Gasteiger partial charge in [0.25, 0.3) is 5.91 Å². The van der Waals surface area contributed by atoms with Gasteiger partial charge in [-0.15, -0.1) is 0 Å². The Balaban J connectivity index is 1.67. The molecular formula is C18H17FN2O3. The summed E-state index contributed by atoms with van der Waals surface area (Å²) >= 11 is 0. The number of fused-ring (bicyclic) bond motifs is 1. The number of benzene rings is 2. The van der Waals surface area contributed by atoms with Crippen molar-refractivity contribution in [1.29, 1.82) is 0 Å². The molecule has 24 heavy (non-hydrogen) atoms. The SMILES string of the molecule is COc1ccc2[nH]c(C(=O)NC[C@@H](O)c3ccc(F)cc3)cc2c1. The molecule has 5 nitrogen and oxygen atoms in total. The fraction of sp³-hybridized carbons (Fsp3) is 0.167. The number of hydrogen-bond donors (Lipinski definition) is 3. The standard InChI is InChI=1S/C18H17FN2O3/c1-24-14-6-7-15-12(8-14)9-16(21-15)18(23)20-10-17(22)11-2-4-13(19)5-3-11/h2-9,17,21-22H,10H2,1H3,(H,20,23)/t17-/m1/s1. The van der Waals surface area contributed by atoms with Gasteiger partial charge in [-0.1, -0.05) is 12.1 Å². The van der Waals surface area contributed by atoms with Gasteiger partial charge in [-0.2, -0.15) is 0 Å². The highest BCUT2D eigenvalue weighted by Crippen LogP contribution is 2.21. The summed E-state index contributed by atoms with van der Waals surface area (Å²) in [4.78, 5) is 15.2. The topological polar surface area (TPSA) is 74.4 Å². The van der Waals surface area contributed by atoms with Crippen LogP contribution in [-0.4, -0.2) is 29.7 Å². The number of carbonyl (C=O) groups is 1. The Hall–Kier alpha value is -2.86. The maximum Gasteiger partial charge on any atom is 0.267 e. The van der Waals surface area contributed by atoms with Crippen LogP contribution in [0.3, 0.4) is 0 Å². The van der Waals surface area contributed by atoms with Gasteiger partial charge in [0.05, 0.1) is 13.2 Å². The van der Waals surface area contributed by atoms with Crippen LogP contribution in [0.5, 0.6) is 5.75 Å². The monoisotopic (exact) mass is 328 g/mol. The number of aromatic amines is 1. The normalized spacial score (nSPS) is 12.1. The summed E-state index contributed by atoms with van der Waals surface area (Å²) in [6.07, 6.45) is -0.904. The predicted molar refractivity (Wildman–Crippen MR) is 88.5 cm³/mol. The Morgan fingerprint density at radius 3 is 2.71 bits per heavy atom. The summed E-state index contributed by atoms with van der Waals surface area (Å²) in [5.74, 6) is 0.00927. The van der Waals surface area contributed by atoms with E-state index in [1.807, 2.05) is 12.1 Å². The van der Waals surface area contributed by atoms with Crippen LogP contribution in [-0.2, 0) is 0 Å². The van der Waals surface area contributed by atoms with Crippen molar-refractivity contribution in [3.63, 3.8) is 0 Å². The van der Waals surface area contributed by atoms with Gasteiger partial charge >= 0.3 is 0 Å². The van der Waals surface area contributed by atoms with Crippen molar-refractivity contribution in [3.8, 4) is 5.75 Å². The zero-order valence-electron chi connectivity index (χ0n) is 13.0. The van der Waals surface area contributed by atoms with Crippen LogP contribution in [0.1, 0.15) is 22.2 Å². The number of aliphatic hydroxyl groups is 1. The molecule has 0 bridgehead atoms. The van der Waals surface area contributed by atoms with E-state index in [0.29, 0.717) is 17.0 Å². The molecule has 1 atom stereocenters. The molecule has 2 aromatic carbocycles. The zero-order chi connectivity index (χ0) is 17.1. The lowest BCUT2D eigenvalue weighted by Gasteiger charge is -2.11. The summed E-state index contributed by atoms with van der Waals surface area (Å²) in [5.41, 5.74) is 1.75. The number of H-pyrrole nitrogens is 1. The van der Waals surface area contributed by atoms with E-state index in [-0.39, 0.29) is 18.3 Å². The van der Waals surface area contributed by atoms with Gasteiger partial charge in [0.1, 0.15) is 17.3 Å². The van der Waals surface area contributed by atoms with Crippen molar-refractivity contribution in [2.24, 2.45) is 0 Å². The molecule has 1 heterocycles. The van der Waals surface area contributed by atoms with E-state index in [1.165, 1.54) is 24.3 Å². The number of aliphatic hydroxyl groups excluding tert-OH is 1. The molecule has 0 aliphatic rings. The van der Waals surface area contributed by atoms with E-state index in [9.17, 15) is 14.3 Å². The number of methoxy groups -OCH3 is 1. The number of rotatable bonds is 5. The van der Waals surface area contributed by atoms with Crippen LogP contribution >= 0.6 is 0 Å². The average molecular weight is 328 g/mol. The molecule has 0 aliphatic heterocycles. The first-order chi connectivity index (χ1) is 11.6. The van der Waals surface area contributed by atoms with Crippen LogP contribution in [0.4, 0.5) is 4.39 Å². The van der Waals surface area contributed by atoms with Gasteiger partial charge in [0, 0.05) is 17.4 Å². The van der Waals surface area contributed by atoms with Gasteiger partial charge in [0.15, 0.2) is 0 Å². The minimum atomic E-state index is -0.904. The number of nitrogens with one attached hydrogen (secondary N) is 2. The van der Waals surface area contributed by atoms with E-state index in [2.05, 4.69) is 10.3 Å². The molecule has 0 radical (unpaired) electrons. The zero-order valence-corrected chi connectivity index (χ0v) is 13.0. The van der Waals surface area contributed by atoms with Crippen LogP contribution in [0.15, 0.2) is 48.5 Å². The Bertz CT molecular complexity index is 858. The van der Waals surface area contributed by atoms with E-state index >= 15 is 0 Å². The van der Waals surface area contributed by atoms with Gasteiger partial charge in [0.2, 0.25) is 0 Å². The fourth-order valence-corrected chi connectivity index (χ4v) is 2.45. The molecule has 0 spiro atoms. The molecule has 3 rings (SSSR count). The largest absolute Gasteiger partial charge is 0.497 e. The Morgan fingerprint density at radius 2 is 2.00 bits per heavy atom. The number of carbonyl (C=O) groups excluding carboxylic acids is 1. The van der Waals surface area contributed by atoms with Crippen LogP contribution < -0.4 is 10.1 Å². The molecule has 124 valence electrons. The molecule has 0 saturated carbocycles. The molecule has 0 unspecified atom stereocenters. The van der Waals surface area contributed by atoms with Gasteiger partial charge in [-0.25, -0.2) is 4.39 Å². The predicted octanol–water partition coefficient (Wildman–Crippen LogP) is 2.78. The van der Waals surface area contributed by atoms with Crippen LogP contribution in [0.25, 0.3) is 10.9 Å². The molecule has 0 aliphatic carbocycles. The highest BCUT2D eigenvalue weighted by atomic mass is 19.1. The molecule has 0 saturated heterocycles. The second-order valence-electron chi connectivity index (χ2n) is 5.41. The summed E-state index contributed by atoms with van der Waals surface area (Å²) < 4.78 is 18.0.